The van der Waals surface area contributed by atoms with Crippen LogP contribution in [0.15, 0.2) is 54.6 Å². The summed E-state index contributed by atoms with van der Waals surface area (Å²) in [6, 6.07) is 2.82. The van der Waals surface area contributed by atoms with Crippen LogP contribution >= 0.6 is 0 Å². The molecular formula is C63H94F2N12O16. The van der Waals surface area contributed by atoms with E-state index in [2.05, 4.69) is 58.5 Å². The van der Waals surface area contributed by atoms with E-state index in [9.17, 15) is 76.5 Å². The second-order valence-electron chi connectivity index (χ2n) is 24.0. The van der Waals surface area contributed by atoms with Gasteiger partial charge in [-0.3, -0.25) is 52.7 Å². The summed E-state index contributed by atoms with van der Waals surface area (Å²) in [5, 5.41) is 48.7. The largest absolute Gasteiger partial charge is 0.458 e. The van der Waals surface area contributed by atoms with Crippen molar-refractivity contribution in [3.63, 3.8) is 0 Å². The van der Waals surface area contributed by atoms with Crippen LogP contribution in [0.4, 0.5) is 8.78 Å². The molecule has 2 aromatic rings. The molecule has 1 saturated heterocycles. The molecule has 1 saturated carbocycles. The smallest absolute Gasteiger partial charge is 0.329 e. The second-order valence-corrected chi connectivity index (χ2v) is 24.0. The minimum atomic E-state index is -2.83. The van der Waals surface area contributed by atoms with E-state index in [-0.39, 0.29) is 25.7 Å². The van der Waals surface area contributed by atoms with Crippen LogP contribution in [0.1, 0.15) is 119 Å². The topological polar surface area (TPSA) is 422 Å². The Morgan fingerprint density at radius 3 is 1.65 bits per heavy atom. The summed E-state index contributed by atoms with van der Waals surface area (Å²) >= 11 is 0. The van der Waals surface area contributed by atoms with Crippen LogP contribution in [-0.2, 0) is 68.7 Å². The molecule has 0 radical (unpaired) electrons. The molecule has 2 aliphatic rings. The van der Waals surface area contributed by atoms with Gasteiger partial charge in [-0.15, -0.1) is 0 Å². The van der Waals surface area contributed by atoms with Crippen molar-refractivity contribution < 1.29 is 86.0 Å². The number of carbonyl (C=O) groups is 12. The van der Waals surface area contributed by atoms with Crippen LogP contribution in [0, 0.1) is 29.6 Å². The van der Waals surface area contributed by atoms with Gasteiger partial charge in [0, 0.05) is 12.8 Å². The number of esters is 1. The molecule has 16 atom stereocenters. The van der Waals surface area contributed by atoms with Gasteiger partial charge in [0.2, 0.25) is 71.4 Å². The first-order valence-corrected chi connectivity index (χ1v) is 31.5. The molecule has 1 heterocycles. The van der Waals surface area contributed by atoms with Gasteiger partial charge < -0.3 is 83.9 Å². The number of alkyl halides is 2. The second kappa shape index (κ2) is 36.8. The normalized spacial score (nSPS) is 21.9. The van der Waals surface area contributed by atoms with Gasteiger partial charge in [-0.25, -0.2) is 13.6 Å². The number of amides is 11. The van der Waals surface area contributed by atoms with Gasteiger partial charge >= 0.3 is 5.97 Å². The number of nitrogens with one attached hydrogen (secondary N) is 11. The number of primary amides is 1. The highest BCUT2D eigenvalue weighted by molar-refractivity contribution is 6.00. The van der Waals surface area contributed by atoms with Crippen molar-refractivity contribution >= 4 is 70.9 Å². The molecule has 30 heteroatoms. The van der Waals surface area contributed by atoms with Crippen molar-refractivity contribution in [3.8, 4) is 11.5 Å². The summed E-state index contributed by atoms with van der Waals surface area (Å²) in [4.78, 5) is 165. The number of aliphatic hydroxyl groups excluding tert-OH is 2. The van der Waals surface area contributed by atoms with Gasteiger partial charge in [0.15, 0.2) is 0 Å². The molecule has 0 aromatic heterocycles. The highest BCUT2D eigenvalue weighted by Gasteiger charge is 2.62. The lowest BCUT2D eigenvalue weighted by atomic mass is 9.94. The number of nitrogens with two attached hydrogens (primary N) is 1. The van der Waals surface area contributed by atoms with E-state index in [1.165, 1.54) is 6.92 Å². The molecule has 0 unspecified atom stereocenters. The van der Waals surface area contributed by atoms with Crippen molar-refractivity contribution in [2.24, 2.45) is 35.3 Å². The first-order valence-electron chi connectivity index (χ1n) is 31.5. The summed E-state index contributed by atoms with van der Waals surface area (Å²) < 4.78 is 38.5. The first-order chi connectivity index (χ1) is 44.0. The van der Waals surface area contributed by atoms with Crippen LogP contribution in [0.5, 0.6) is 11.5 Å². The third-order valence-electron chi connectivity index (χ3n) is 17.2. The Balaban J connectivity index is 1.49. The van der Waals surface area contributed by atoms with Crippen molar-refractivity contribution in [2.75, 3.05) is 26.8 Å². The third-order valence-corrected chi connectivity index (χ3v) is 17.2. The third kappa shape index (κ3) is 22.4. The number of cyclic esters (lactones) is 1. The summed E-state index contributed by atoms with van der Waals surface area (Å²) in [5.41, 5.74) is 4.41. The first kappa shape index (κ1) is 77.1. The lowest BCUT2D eigenvalue weighted by molar-refractivity contribution is -0.157. The summed E-state index contributed by atoms with van der Waals surface area (Å²) in [5.74, 6) is -13.9. The van der Waals surface area contributed by atoms with Gasteiger partial charge in [-0.1, -0.05) is 111 Å². The summed E-state index contributed by atoms with van der Waals surface area (Å²) in [7, 11) is 1.58. The number of benzene rings is 2. The maximum Gasteiger partial charge on any atom is 0.329 e. The van der Waals surface area contributed by atoms with E-state index in [0.717, 1.165) is 5.56 Å². The lowest BCUT2D eigenvalue weighted by Gasteiger charge is -2.31. The number of hydrogen-bond acceptors (Lipinski definition) is 17. The zero-order valence-corrected chi connectivity index (χ0v) is 54.4. The maximum absolute atomic E-state index is 14.4. The van der Waals surface area contributed by atoms with E-state index < -0.39 is 212 Å². The minimum Gasteiger partial charge on any atom is -0.458 e. The monoisotopic (exact) mass is 1310 g/mol. The molecule has 2 fully saturated rings. The number of ether oxygens (including phenoxy) is 2. The number of hydrogen-bond donors (Lipinski definition) is 14. The predicted octanol–water partition coefficient (Wildman–Crippen LogP) is -0.486. The Morgan fingerprint density at radius 2 is 1.15 bits per heavy atom. The fraction of sp³-hybridized carbons (Fsp3) is 0.619. The maximum atomic E-state index is 14.4. The molecule has 4 rings (SSSR count). The highest BCUT2D eigenvalue weighted by atomic mass is 19.3. The Kier molecular flexibility index (Phi) is 30.5. The molecule has 1 aliphatic heterocycles. The zero-order chi connectivity index (χ0) is 69.4. The standard InChI is InChI=1S/C63H94F2N12O16/c1-11-32(5)48(73-54(83)42(67-10)26-37-20-22-40(23-21-37)93-39-18-16-15-17-19-39)58(87)70-43(30-78)55(84)69-41(24-25-46(66)80)53(82)72-50(34(7)13-3)60(89)74-49(33(6)12-2)59(88)71-44(31-79)56(85)75-52-36(9)92-61(90)51(35(8)14-4)76-62(91)63(28-38(63)27-45(64)65)77-47(81)29-68-57(52)86/h15-23,32-36,38,41-45,48-52,67,78-79H,11-14,24-31H2,1-10H3,(H2,66,80)(H,68,86)(H,69,84)(H,70,87)(H,71,88)(H,72,82)(H,73,83)(H,74,89)(H,75,85)(H,76,91)(H,77,81)/t32-,33-,34-,35-,36-,38+,41+,42+,43-,44-,48-,49-,50+,51-,52+,63+/m0/s1. The average Bonchev–Trinajstić information content (AvgIpc) is 1.59. The minimum absolute atomic E-state index is 0.180. The van der Waals surface area contributed by atoms with Gasteiger partial charge in [0.1, 0.15) is 71.5 Å². The van der Waals surface area contributed by atoms with E-state index >= 15 is 0 Å². The summed E-state index contributed by atoms with van der Waals surface area (Å²) in [6.45, 7) is 11.6. The van der Waals surface area contributed by atoms with Crippen LogP contribution < -0.4 is 69.0 Å². The van der Waals surface area contributed by atoms with E-state index in [1.54, 1.807) is 86.7 Å². The molecule has 15 N–H and O–H groups in total. The summed E-state index contributed by atoms with van der Waals surface area (Å²) in [6.07, 6.45) is -4.84. The van der Waals surface area contributed by atoms with E-state index in [1.807, 2.05) is 30.3 Å². The van der Waals surface area contributed by atoms with Gasteiger partial charge in [0.05, 0.1) is 25.8 Å². The highest BCUT2D eigenvalue weighted by Crippen LogP contribution is 2.47. The quantitative estimate of drug-likeness (QED) is 0.0393. The predicted molar refractivity (Wildman–Crippen MR) is 334 cm³/mol. The number of rotatable bonds is 34. The van der Waals surface area contributed by atoms with Crippen LogP contribution in [-0.4, -0.2) is 180 Å². The Morgan fingerprint density at radius 1 is 0.667 bits per heavy atom. The van der Waals surface area contributed by atoms with E-state index in [0.29, 0.717) is 24.3 Å². The molecule has 28 nitrogen and oxygen atoms in total. The Bertz CT molecular complexity index is 2910. The van der Waals surface area contributed by atoms with Crippen LogP contribution in [0.3, 0.4) is 0 Å². The van der Waals surface area contributed by atoms with Crippen molar-refractivity contribution in [2.45, 2.75) is 193 Å². The van der Waals surface area contributed by atoms with Crippen LogP contribution in [0.25, 0.3) is 0 Å². The van der Waals surface area contributed by atoms with Crippen molar-refractivity contribution in [3.05, 3.63) is 60.2 Å². The number of para-hydroxylation sites is 1. The molecule has 1 spiro atoms. The Labute approximate surface area is 540 Å². The molecule has 11 amide bonds. The number of halogens is 2. The van der Waals surface area contributed by atoms with Crippen LogP contribution in [0.2, 0.25) is 0 Å². The van der Waals surface area contributed by atoms with Crippen molar-refractivity contribution in [1.82, 2.24) is 58.5 Å². The van der Waals surface area contributed by atoms with Crippen molar-refractivity contribution in [1.29, 1.82) is 0 Å². The lowest BCUT2D eigenvalue weighted by Crippen LogP contribution is -2.63. The molecular weight excluding hydrogens is 1220 g/mol. The van der Waals surface area contributed by atoms with E-state index in [4.69, 9.17) is 15.2 Å². The Hall–Kier alpha value is -8.38. The molecule has 93 heavy (non-hydrogen) atoms. The molecule has 2 aromatic carbocycles. The average molecular weight is 1310 g/mol. The molecule has 1 aliphatic carbocycles. The number of likely N-dealkylation sites (N-methyl/N-ethyl adjacent to an activating group) is 1. The fourth-order valence-corrected chi connectivity index (χ4v) is 10.3. The van der Waals surface area contributed by atoms with Gasteiger partial charge in [-0.05, 0) is 92.7 Å². The number of aliphatic hydroxyl groups is 2. The molecule has 0 bridgehead atoms. The fourth-order valence-electron chi connectivity index (χ4n) is 10.3. The molecule has 516 valence electrons. The zero-order valence-electron chi connectivity index (χ0n) is 54.4. The number of carbonyl (C=O) groups excluding carboxylic acids is 12. The van der Waals surface area contributed by atoms with Gasteiger partial charge in [-0.2, -0.15) is 0 Å². The van der Waals surface area contributed by atoms with Gasteiger partial charge in [0.25, 0.3) is 0 Å². The SMILES string of the molecule is CC[C@H](C)[C@H](NC(=O)[C@@H](Cc1ccc(Oc2ccccc2)cc1)NC)C(=O)N[C@@H](CO)C(=O)N[C@H](CCC(N)=O)C(=O)N[C@@H](C(=O)N[C@H](C(=O)N[C@@H](CO)C(=O)N[C@H]1C(=O)NCC(=O)N[C@@]2(C[C@H]2CC(F)F)C(=O)N[C@@H]([C@@H](C)CC)C(=O)O[C@H]1C)[C@@H](C)CC)[C@@H](C)CC.